The number of halogens is 1. The number of benzene rings is 1. The lowest BCUT2D eigenvalue weighted by atomic mass is 10.4. The molecule has 0 radical (unpaired) electrons. The van der Waals surface area contributed by atoms with Crippen LogP contribution in [0.3, 0.4) is 0 Å². The average molecular weight is 441 g/mol. The highest BCUT2D eigenvalue weighted by molar-refractivity contribution is 8.00. The van der Waals surface area contributed by atoms with Gasteiger partial charge in [0.25, 0.3) is 5.91 Å². The highest BCUT2D eigenvalue weighted by atomic mass is 35.5. The maximum absolute atomic E-state index is 12.2. The molecule has 2 amide bonds. The molecule has 0 bridgehead atoms. The number of thiophene rings is 1. The van der Waals surface area contributed by atoms with Gasteiger partial charge in [-0.3, -0.25) is 14.4 Å². The lowest BCUT2D eigenvalue weighted by Crippen LogP contribution is -2.42. The molecule has 0 atom stereocenters. The molecule has 1 aromatic heterocycles. The number of hydrogen-bond donors (Lipinski definition) is 1. The summed E-state index contributed by atoms with van der Waals surface area (Å²) in [5.41, 5.74) is 0. The second kappa shape index (κ2) is 11.7. The first-order valence-corrected chi connectivity index (χ1v) is 10.8. The molecule has 9 heteroatoms. The molecule has 0 spiro atoms. The van der Waals surface area contributed by atoms with Gasteiger partial charge in [0.05, 0.1) is 23.9 Å². The first kappa shape index (κ1) is 22.3. The van der Waals surface area contributed by atoms with E-state index in [1.54, 1.807) is 36.5 Å². The summed E-state index contributed by atoms with van der Waals surface area (Å²) in [5, 5.41) is 5.26. The summed E-state index contributed by atoms with van der Waals surface area (Å²) in [5.74, 6) is -1.14. The van der Waals surface area contributed by atoms with Crippen LogP contribution in [0, 0.1) is 0 Å². The number of nitrogens with zero attached hydrogens (tertiary/aromatic N) is 1. The normalized spacial score (nSPS) is 10.4. The van der Waals surface area contributed by atoms with Gasteiger partial charge >= 0.3 is 5.97 Å². The monoisotopic (exact) mass is 440 g/mol. The smallest absolute Gasteiger partial charge is 0.316 e. The van der Waals surface area contributed by atoms with E-state index in [2.05, 4.69) is 5.32 Å². The van der Waals surface area contributed by atoms with E-state index < -0.39 is 18.5 Å². The van der Waals surface area contributed by atoms with Crippen molar-refractivity contribution in [3.05, 3.63) is 51.7 Å². The first-order chi connectivity index (χ1) is 13.5. The van der Waals surface area contributed by atoms with Crippen LogP contribution in [0.2, 0.25) is 5.02 Å². The van der Waals surface area contributed by atoms with Crippen molar-refractivity contribution in [1.29, 1.82) is 0 Å². The van der Waals surface area contributed by atoms with Gasteiger partial charge < -0.3 is 15.0 Å². The zero-order valence-corrected chi connectivity index (χ0v) is 17.7. The van der Waals surface area contributed by atoms with Crippen molar-refractivity contribution >= 4 is 52.5 Å². The second-order valence-corrected chi connectivity index (χ2v) is 8.10. The number of esters is 1. The molecule has 6 nitrogen and oxygen atoms in total. The predicted octanol–water partition coefficient (Wildman–Crippen LogP) is 3.20. The van der Waals surface area contributed by atoms with Gasteiger partial charge in [0.2, 0.25) is 5.91 Å². The van der Waals surface area contributed by atoms with Crippen molar-refractivity contribution in [1.82, 2.24) is 10.2 Å². The molecule has 0 fully saturated rings. The Hall–Kier alpha value is -2.03. The maximum atomic E-state index is 12.2. The Bertz CT molecular complexity index is 799. The molecular formula is C19H21ClN2O4S2. The Morgan fingerprint density at radius 1 is 1.21 bits per heavy atom. The van der Waals surface area contributed by atoms with E-state index in [1.807, 2.05) is 23.6 Å². The molecule has 0 aliphatic carbocycles. The number of rotatable bonds is 10. The summed E-state index contributed by atoms with van der Waals surface area (Å²) >= 11 is 8.82. The Morgan fingerprint density at radius 3 is 2.68 bits per heavy atom. The van der Waals surface area contributed by atoms with Crippen LogP contribution in [0.1, 0.15) is 11.8 Å². The van der Waals surface area contributed by atoms with E-state index >= 15 is 0 Å². The number of thioether (sulfide) groups is 1. The van der Waals surface area contributed by atoms with Gasteiger partial charge in [0, 0.05) is 16.3 Å². The molecule has 1 aromatic carbocycles. The fourth-order valence-corrected chi connectivity index (χ4v) is 3.86. The molecule has 28 heavy (non-hydrogen) atoms. The fraction of sp³-hybridized carbons (Fsp3) is 0.316. The van der Waals surface area contributed by atoms with E-state index in [4.69, 9.17) is 16.3 Å². The summed E-state index contributed by atoms with van der Waals surface area (Å²) in [6.45, 7) is 2.06. The molecule has 0 aliphatic rings. The summed E-state index contributed by atoms with van der Waals surface area (Å²) in [4.78, 5) is 39.2. The Kier molecular flexibility index (Phi) is 9.33. The van der Waals surface area contributed by atoms with E-state index in [0.717, 1.165) is 9.77 Å². The van der Waals surface area contributed by atoms with Crippen molar-refractivity contribution < 1.29 is 19.1 Å². The number of nitrogens with one attached hydrogen (secondary N) is 1. The van der Waals surface area contributed by atoms with Crippen LogP contribution in [0.25, 0.3) is 0 Å². The first-order valence-electron chi connectivity index (χ1n) is 8.59. The van der Waals surface area contributed by atoms with Crippen molar-refractivity contribution in [2.75, 3.05) is 25.4 Å². The number of amides is 2. The highest BCUT2D eigenvalue weighted by Gasteiger charge is 2.17. The number of carbonyl (C=O) groups excluding carboxylic acids is 3. The van der Waals surface area contributed by atoms with Gasteiger partial charge in [-0.1, -0.05) is 29.8 Å². The zero-order valence-electron chi connectivity index (χ0n) is 15.4. The van der Waals surface area contributed by atoms with Crippen LogP contribution in [-0.4, -0.2) is 48.1 Å². The van der Waals surface area contributed by atoms with Gasteiger partial charge in [-0.15, -0.1) is 23.1 Å². The van der Waals surface area contributed by atoms with Crippen molar-refractivity contribution in [3.8, 4) is 0 Å². The van der Waals surface area contributed by atoms with Gasteiger partial charge in [-0.2, -0.15) is 0 Å². The van der Waals surface area contributed by atoms with Crippen LogP contribution >= 0.6 is 34.7 Å². The molecule has 0 saturated carbocycles. The van der Waals surface area contributed by atoms with E-state index in [1.165, 1.54) is 16.7 Å². The summed E-state index contributed by atoms with van der Waals surface area (Å²) in [7, 11) is 0. The topological polar surface area (TPSA) is 75.7 Å². The van der Waals surface area contributed by atoms with Gasteiger partial charge in [-0.25, -0.2) is 0 Å². The number of hydrogen-bond acceptors (Lipinski definition) is 6. The summed E-state index contributed by atoms with van der Waals surface area (Å²) in [6, 6.07) is 11.0. The summed E-state index contributed by atoms with van der Waals surface area (Å²) in [6.07, 6.45) is 0. The predicted molar refractivity (Wildman–Crippen MR) is 112 cm³/mol. The number of carbonyl (C=O) groups is 3. The second-order valence-electron chi connectivity index (χ2n) is 5.64. The summed E-state index contributed by atoms with van der Waals surface area (Å²) < 4.78 is 5.02. The zero-order chi connectivity index (χ0) is 20.4. The fourth-order valence-electron chi connectivity index (χ4n) is 2.18. The minimum absolute atomic E-state index is 0.0461. The van der Waals surface area contributed by atoms with Gasteiger partial charge in [-0.05, 0) is 30.5 Å². The molecule has 150 valence electrons. The largest absolute Gasteiger partial charge is 0.455 e. The van der Waals surface area contributed by atoms with Crippen LogP contribution < -0.4 is 5.32 Å². The molecule has 1 N–H and O–H groups in total. The van der Waals surface area contributed by atoms with Gasteiger partial charge in [0.15, 0.2) is 6.61 Å². The standard InChI is InChI=1S/C19H21ClN2O4S2/c1-2-22(11-17(23)21-10-14-6-5-9-27-14)18(24)12-26-19(25)13-28-16-8-4-3-7-15(16)20/h3-9H,2,10-13H2,1H3,(H,21,23). The van der Waals surface area contributed by atoms with Crippen molar-refractivity contribution in [3.63, 3.8) is 0 Å². The molecule has 0 unspecified atom stereocenters. The average Bonchev–Trinajstić information content (AvgIpc) is 3.21. The molecule has 2 rings (SSSR count). The van der Waals surface area contributed by atoms with Gasteiger partial charge in [0.1, 0.15) is 0 Å². The number of ether oxygens (including phenoxy) is 1. The highest BCUT2D eigenvalue weighted by Crippen LogP contribution is 2.26. The van der Waals surface area contributed by atoms with E-state index in [0.29, 0.717) is 18.1 Å². The van der Waals surface area contributed by atoms with E-state index in [-0.39, 0.29) is 18.2 Å². The molecule has 0 saturated heterocycles. The molecule has 0 aliphatic heterocycles. The third-order valence-electron chi connectivity index (χ3n) is 3.65. The number of likely N-dealkylation sites (N-methyl/N-ethyl adjacent to an activating group) is 1. The molecule has 2 aromatic rings. The minimum atomic E-state index is -0.517. The third kappa shape index (κ3) is 7.53. The van der Waals surface area contributed by atoms with Crippen molar-refractivity contribution in [2.24, 2.45) is 0 Å². The Morgan fingerprint density at radius 2 is 2.00 bits per heavy atom. The van der Waals surface area contributed by atoms with E-state index in [9.17, 15) is 14.4 Å². The molecule has 1 heterocycles. The van der Waals surface area contributed by atoms with Crippen LogP contribution in [-0.2, 0) is 25.7 Å². The Labute approximate surface area is 177 Å². The lowest BCUT2D eigenvalue weighted by molar-refractivity contribution is -0.150. The van der Waals surface area contributed by atoms with Crippen LogP contribution in [0.5, 0.6) is 0 Å². The lowest BCUT2D eigenvalue weighted by Gasteiger charge is -2.20. The van der Waals surface area contributed by atoms with Crippen molar-refractivity contribution in [2.45, 2.75) is 18.4 Å². The van der Waals surface area contributed by atoms with Crippen LogP contribution in [0.4, 0.5) is 0 Å². The Balaban J connectivity index is 1.71. The quantitative estimate of drug-likeness (QED) is 0.453. The SMILES string of the molecule is CCN(CC(=O)NCc1cccs1)C(=O)COC(=O)CSc1ccccc1Cl. The minimum Gasteiger partial charge on any atom is -0.455 e. The van der Waals surface area contributed by atoms with Crippen LogP contribution in [0.15, 0.2) is 46.7 Å². The maximum Gasteiger partial charge on any atom is 0.316 e. The third-order valence-corrected chi connectivity index (χ3v) is 6.01. The molecular weight excluding hydrogens is 420 g/mol.